The zero-order chi connectivity index (χ0) is 8.27. The topological polar surface area (TPSA) is 46.5 Å². The minimum Gasteiger partial charge on any atom is -0.459 e. The van der Waals surface area contributed by atoms with E-state index in [-0.39, 0.29) is 12.1 Å². The van der Waals surface area contributed by atoms with E-state index in [4.69, 9.17) is 9.84 Å². The van der Waals surface area contributed by atoms with Gasteiger partial charge in [-0.05, 0) is 6.92 Å². The lowest BCUT2D eigenvalue weighted by molar-refractivity contribution is -0.145. The van der Waals surface area contributed by atoms with E-state index >= 15 is 0 Å². The Morgan fingerprint density at radius 3 is 3.18 bits per heavy atom. The highest BCUT2D eigenvalue weighted by Gasteiger charge is 2.17. The fourth-order valence-corrected chi connectivity index (χ4v) is 1.09. The zero-order valence-corrected chi connectivity index (χ0v) is 6.49. The first-order valence-corrected chi connectivity index (χ1v) is 3.73. The maximum Gasteiger partial charge on any atom is 0.330 e. The number of rotatable bonds is 2. The molecule has 11 heavy (non-hydrogen) atoms. The lowest BCUT2D eigenvalue weighted by Gasteiger charge is -2.19. The molecule has 0 aromatic rings. The molecule has 3 heteroatoms. The molecule has 0 saturated carbocycles. The second kappa shape index (κ2) is 3.53. The van der Waals surface area contributed by atoms with E-state index in [1.165, 1.54) is 6.08 Å². The second-order valence-electron chi connectivity index (χ2n) is 2.78. The van der Waals surface area contributed by atoms with Crippen molar-refractivity contribution in [2.45, 2.75) is 32.0 Å². The minimum absolute atomic E-state index is 0.132. The van der Waals surface area contributed by atoms with Gasteiger partial charge in [-0.1, -0.05) is 6.08 Å². The third-order valence-corrected chi connectivity index (χ3v) is 1.54. The van der Waals surface area contributed by atoms with Crippen molar-refractivity contribution in [2.75, 3.05) is 0 Å². The number of aliphatic hydroxyl groups excluding tert-OH is 1. The molecule has 62 valence electrons. The highest BCUT2D eigenvalue weighted by Crippen LogP contribution is 2.12. The Morgan fingerprint density at radius 1 is 1.91 bits per heavy atom. The van der Waals surface area contributed by atoms with Crippen LogP contribution in [-0.4, -0.2) is 23.3 Å². The number of hydrogen-bond acceptors (Lipinski definition) is 3. The quantitative estimate of drug-likeness (QED) is 0.596. The predicted molar refractivity (Wildman–Crippen MR) is 39.9 cm³/mol. The largest absolute Gasteiger partial charge is 0.459 e. The van der Waals surface area contributed by atoms with Crippen molar-refractivity contribution in [3.8, 4) is 0 Å². The molecule has 0 saturated heterocycles. The minimum atomic E-state index is -0.403. The Kier molecular flexibility index (Phi) is 2.65. The van der Waals surface area contributed by atoms with Gasteiger partial charge in [-0.15, -0.1) is 0 Å². The van der Waals surface area contributed by atoms with Crippen LogP contribution in [-0.2, 0) is 9.53 Å². The summed E-state index contributed by atoms with van der Waals surface area (Å²) >= 11 is 0. The molecule has 0 aromatic carbocycles. The molecule has 3 nitrogen and oxygen atoms in total. The summed E-state index contributed by atoms with van der Waals surface area (Å²) in [5.41, 5.74) is 0. The summed E-state index contributed by atoms with van der Waals surface area (Å²) in [6.45, 7) is 1.69. The van der Waals surface area contributed by atoms with Crippen LogP contribution in [0.3, 0.4) is 0 Å². The molecule has 0 bridgehead atoms. The highest BCUT2D eigenvalue weighted by atomic mass is 16.5. The summed E-state index contributed by atoms with van der Waals surface area (Å²) in [7, 11) is 0. The fraction of sp³-hybridized carbons (Fsp3) is 0.625. The van der Waals surface area contributed by atoms with E-state index in [0.29, 0.717) is 6.42 Å². The van der Waals surface area contributed by atoms with E-state index in [1.54, 1.807) is 13.0 Å². The standard InChI is InChI=1S/C8H12O3/c1-6(9)5-7-3-2-4-8(10)11-7/h2,4,6-7,9H,3,5H2,1H3/t6-,7-/m1/s1. The van der Waals surface area contributed by atoms with Gasteiger partial charge in [0.1, 0.15) is 6.10 Å². The number of cyclic esters (lactones) is 1. The molecule has 0 amide bonds. The Morgan fingerprint density at radius 2 is 2.64 bits per heavy atom. The van der Waals surface area contributed by atoms with Crippen LogP contribution in [0.25, 0.3) is 0 Å². The van der Waals surface area contributed by atoms with Crippen molar-refractivity contribution < 1.29 is 14.6 Å². The average Bonchev–Trinajstić information content (AvgIpc) is 1.85. The maximum atomic E-state index is 10.7. The summed E-state index contributed by atoms with van der Waals surface area (Å²) in [6.07, 6.45) is 3.90. The Labute approximate surface area is 65.7 Å². The Hall–Kier alpha value is -0.830. The molecule has 2 atom stereocenters. The molecule has 1 aliphatic heterocycles. The van der Waals surface area contributed by atoms with E-state index in [2.05, 4.69) is 0 Å². The van der Waals surface area contributed by atoms with E-state index < -0.39 is 6.10 Å². The molecule has 0 spiro atoms. The summed E-state index contributed by atoms with van der Waals surface area (Å²) in [5.74, 6) is -0.304. The number of aliphatic hydroxyl groups is 1. The van der Waals surface area contributed by atoms with Crippen molar-refractivity contribution in [2.24, 2.45) is 0 Å². The predicted octanol–water partition coefficient (Wildman–Crippen LogP) is 0.629. The van der Waals surface area contributed by atoms with Gasteiger partial charge >= 0.3 is 5.97 Å². The summed E-state index contributed by atoms with van der Waals surface area (Å²) in [6, 6.07) is 0. The number of ether oxygens (including phenoxy) is 1. The monoisotopic (exact) mass is 156 g/mol. The average molecular weight is 156 g/mol. The van der Waals surface area contributed by atoms with E-state index in [0.717, 1.165) is 6.42 Å². The molecular formula is C8H12O3. The first-order chi connectivity index (χ1) is 5.18. The summed E-state index contributed by atoms with van der Waals surface area (Å²) in [4.78, 5) is 10.7. The molecule has 1 rings (SSSR count). The maximum absolute atomic E-state index is 10.7. The number of esters is 1. The fourth-order valence-electron chi connectivity index (χ4n) is 1.09. The molecule has 0 aliphatic carbocycles. The molecule has 0 unspecified atom stereocenters. The molecule has 0 aromatic heterocycles. The van der Waals surface area contributed by atoms with Gasteiger partial charge in [0.2, 0.25) is 0 Å². The van der Waals surface area contributed by atoms with Crippen LogP contribution in [0.1, 0.15) is 19.8 Å². The lowest BCUT2D eigenvalue weighted by atomic mass is 10.1. The van der Waals surface area contributed by atoms with Crippen molar-refractivity contribution in [1.82, 2.24) is 0 Å². The third kappa shape index (κ3) is 2.72. The van der Waals surface area contributed by atoms with Crippen LogP contribution >= 0.6 is 0 Å². The summed E-state index contributed by atoms with van der Waals surface area (Å²) in [5, 5.41) is 8.98. The van der Waals surface area contributed by atoms with Gasteiger partial charge in [0.15, 0.2) is 0 Å². The van der Waals surface area contributed by atoms with Crippen molar-refractivity contribution >= 4 is 5.97 Å². The van der Waals surface area contributed by atoms with Gasteiger partial charge in [-0.2, -0.15) is 0 Å². The normalized spacial score (nSPS) is 26.4. The molecule has 1 heterocycles. The van der Waals surface area contributed by atoms with Gasteiger partial charge in [0.25, 0.3) is 0 Å². The highest BCUT2D eigenvalue weighted by molar-refractivity contribution is 5.82. The van der Waals surface area contributed by atoms with Gasteiger partial charge in [0.05, 0.1) is 6.10 Å². The molecule has 1 N–H and O–H groups in total. The smallest absolute Gasteiger partial charge is 0.330 e. The van der Waals surface area contributed by atoms with Crippen LogP contribution < -0.4 is 0 Å². The van der Waals surface area contributed by atoms with E-state index in [1.807, 2.05) is 0 Å². The molecule has 0 radical (unpaired) electrons. The van der Waals surface area contributed by atoms with Crippen LogP contribution in [0.15, 0.2) is 12.2 Å². The summed E-state index contributed by atoms with van der Waals surface area (Å²) < 4.78 is 4.91. The number of hydrogen-bond donors (Lipinski definition) is 1. The molecule has 1 aliphatic rings. The Balaban J connectivity index is 2.37. The van der Waals surface area contributed by atoms with Gasteiger partial charge in [-0.25, -0.2) is 4.79 Å². The van der Waals surface area contributed by atoms with Crippen molar-refractivity contribution in [3.05, 3.63) is 12.2 Å². The number of carbonyl (C=O) groups excluding carboxylic acids is 1. The van der Waals surface area contributed by atoms with Gasteiger partial charge in [0, 0.05) is 18.9 Å². The van der Waals surface area contributed by atoms with Crippen LogP contribution in [0.4, 0.5) is 0 Å². The van der Waals surface area contributed by atoms with Gasteiger partial charge in [-0.3, -0.25) is 0 Å². The zero-order valence-electron chi connectivity index (χ0n) is 6.49. The molecule has 0 fully saturated rings. The van der Waals surface area contributed by atoms with Crippen LogP contribution in [0.5, 0.6) is 0 Å². The third-order valence-electron chi connectivity index (χ3n) is 1.54. The van der Waals surface area contributed by atoms with Crippen molar-refractivity contribution in [1.29, 1.82) is 0 Å². The Bertz CT molecular complexity index is 172. The number of carbonyl (C=O) groups is 1. The SMILES string of the molecule is C[C@@H](O)C[C@H]1CC=CC(=O)O1. The first kappa shape index (κ1) is 8.27. The van der Waals surface area contributed by atoms with Crippen molar-refractivity contribution in [3.63, 3.8) is 0 Å². The first-order valence-electron chi connectivity index (χ1n) is 3.73. The lowest BCUT2D eigenvalue weighted by Crippen LogP contribution is -2.23. The van der Waals surface area contributed by atoms with Crippen LogP contribution in [0, 0.1) is 0 Å². The van der Waals surface area contributed by atoms with E-state index in [9.17, 15) is 4.79 Å². The second-order valence-corrected chi connectivity index (χ2v) is 2.78. The molecular weight excluding hydrogens is 144 g/mol. The van der Waals surface area contributed by atoms with Crippen LogP contribution in [0.2, 0.25) is 0 Å². The van der Waals surface area contributed by atoms with Gasteiger partial charge < -0.3 is 9.84 Å².